The van der Waals surface area contributed by atoms with Gasteiger partial charge in [-0.3, -0.25) is 15.0 Å². The molecule has 1 N–H and O–H groups in total. The molecule has 3 rings (SSSR count). The second-order valence-electron chi connectivity index (χ2n) is 9.03. The smallest absolute Gasteiger partial charge is 0.343 e. The molecule has 0 aliphatic carbocycles. The zero-order chi connectivity index (χ0) is 24.6. The fraction of sp³-hybridized carbons (Fsp3) is 0.435. The van der Waals surface area contributed by atoms with Crippen LogP contribution in [0.15, 0.2) is 36.5 Å². The molecule has 0 bridgehead atoms. The Hall–Kier alpha value is -2.81. The number of nitrogens with zero attached hydrogens (tertiary/aromatic N) is 3. The Morgan fingerprint density at radius 1 is 1.18 bits per heavy atom. The number of carbonyl (C=O) groups is 2. The molecule has 10 heteroatoms. The first-order valence-electron chi connectivity index (χ1n) is 10.5. The van der Waals surface area contributed by atoms with Crippen LogP contribution in [-0.2, 0) is 11.0 Å². The van der Waals surface area contributed by atoms with Crippen molar-refractivity contribution in [1.29, 1.82) is 0 Å². The van der Waals surface area contributed by atoms with Gasteiger partial charge >= 0.3 is 6.18 Å². The van der Waals surface area contributed by atoms with Crippen molar-refractivity contribution in [2.75, 3.05) is 11.4 Å². The highest BCUT2D eigenvalue weighted by Gasteiger charge is 2.38. The third-order valence-corrected chi connectivity index (χ3v) is 5.65. The topological polar surface area (TPSA) is 65.5 Å². The second kappa shape index (κ2) is 9.21. The molecule has 1 atom stereocenters. The molecule has 2 amide bonds. The molecule has 0 radical (unpaired) electrons. The number of rotatable bonds is 3. The number of anilines is 1. The van der Waals surface area contributed by atoms with E-state index in [-0.39, 0.29) is 16.7 Å². The molecular weight excluding hydrogens is 457 g/mol. The summed E-state index contributed by atoms with van der Waals surface area (Å²) >= 11 is 6.11. The van der Waals surface area contributed by atoms with E-state index in [1.165, 1.54) is 5.01 Å². The second-order valence-corrected chi connectivity index (χ2v) is 9.44. The summed E-state index contributed by atoms with van der Waals surface area (Å²) in [4.78, 5) is 31.8. The minimum absolute atomic E-state index is 0.106. The van der Waals surface area contributed by atoms with Crippen molar-refractivity contribution >= 4 is 29.2 Å². The molecule has 0 unspecified atom stereocenters. The maximum absolute atomic E-state index is 13.2. The lowest BCUT2D eigenvalue weighted by molar-refractivity contribution is -0.137. The monoisotopic (exact) mass is 482 g/mol. The van der Waals surface area contributed by atoms with Gasteiger partial charge in [-0.25, -0.2) is 9.99 Å². The molecule has 0 spiro atoms. The van der Waals surface area contributed by atoms with E-state index in [9.17, 15) is 22.8 Å². The number of benzene rings is 1. The number of carbonyl (C=O) groups excluding carboxylic acids is 2. The van der Waals surface area contributed by atoms with E-state index in [1.807, 2.05) is 19.1 Å². The molecule has 1 aliphatic heterocycles. The fourth-order valence-electron chi connectivity index (χ4n) is 3.62. The SMILES string of the molecule is Cc1ccc(C(=O)N(NC(=O)[C@@H]2CCCN2c2ncc(C(F)(F)F)cc2Cl)C(C)(C)C)cc1. The van der Waals surface area contributed by atoms with E-state index in [1.54, 1.807) is 37.8 Å². The summed E-state index contributed by atoms with van der Waals surface area (Å²) in [7, 11) is 0. The van der Waals surface area contributed by atoms with Crippen molar-refractivity contribution in [1.82, 2.24) is 15.4 Å². The molecule has 1 aromatic heterocycles. The average Bonchev–Trinajstić information content (AvgIpc) is 3.20. The highest BCUT2D eigenvalue weighted by molar-refractivity contribution is 6.33. The molecule has 0 saturated carbocycles. The summed E-state index contributed by atoms with van der Waals surface area (Å²) in [5, 5.41) is 1.09. The molecule has 6 nitrogen and oxygen atoms in total. The predicted molar refractivity (Wildman–Crippen MR) is 120 cm³/mol. The van der Waals surface area contributed by atoms with Crippen molar-refractivity contribution in [3.63, 3.8) is 0 Å². The Labute approximate surface area is 195 Å². The Kier molecular flexibility index (Phi) is 6.93. The van der Waals surface area contributed by atoms with Gasteiger partial charge < -0.3 is 4.90 Å². The molecule has 1 aromatic carbocycles. The van der Waals surface area contributed by atoms with Crippen LogP contribution in [0.1, 0.15) is 55.1 Å². The summed E-state index contributed by atoms with van der Waals surface area (Å²) in [6, 6.07) is 7.08. The van der Waals surface area contributed by atoms with Crippen LogP contribution in [0.5, 0.6) is 0 Å². The van der Waals surface area contributed by atoms with Crippen LogP contribution in [0, 0.1) is 6.92 Å². The van der Waals surface area contributed by atoms with Gasteiger partial charge in [0.15, 0.2) is 0 Å². The van der Waals surface area contributed by atoms with E-state index in [0.29, 0.717) is 31.1 Å². The molecule has 1 aliphatic rings. The predicted octanol–water partition coefficient (Wildman–Crippen LogP) is 5.00. The third kappa shape index (κ3) is 5.58. The summed E-state index contributed by atoms with van der Waals surface area (Å²) in [5.74, 6) is -0.721. The highest BCUT2D eigenvalue weighted by Crippen LogP contribution is 2.35. The van der Waals surface area contributed by atoms with Crippen LogP contribution < -0.4 is 10.3 Å². The zero-order valence-corrected chi connectivity index (χ0v) is 19.6. The standard InChI is InChI=1S/C23H26ClF3N4O2/c1-14-7-9-15(10-8-14)21(33)31(22(2,3)4)29-20(32)18-6-5-11-30(18)19-17(24)12-16(13-28-19)23(25,26)27/h7-10,12-13,18H,5-6,11H2,1-4H3,(H,29,32)/t18-/m0/s1. The fourth-order valence-corrected chi connectivity index (χ4v) is 3.90. The Balaban J connectivity index is 1.83. The number of aryl methyl sites for hydroxylation is 1. The number of nitrogens with one attached hydrogen (secondary N) is 1. The van der Waals surface area contributed by atoms with Crippen LogP contribution >= 0.6 is 11.6 Å². The molecule has 2 aromatic rings. The maximum Gasteiger partial charge on any atom is 0.417 e. The van der Waals surface area contributed by atoms with E-state index < -0.39 is 29.2 Å². The minimum Gasteiger partial charge on any atom is -0.343 e. The molecule has 178 valence electrons. The van der Waals surface area contributed by atoms with Gasteiger partial charge in [0.05, 0.1) is 16.1 Å². The number of pyridine rings is 1. The number of hydrogen-bond donors (Lipinski definition) is 1. The van der Waals surface area contributed by atoms with Gasteiger partial charge in [-0.15, -0.1) is 0 Å². The summed E-state index contributed by atoms with van der Waals surface area (Å²) in [6.45, 7) is 7.68. The largest absolute Gasteiger partial charge is 0.417 e. The number of amides is 2. The lowest BCUT2D eigenvalue weighted by atomic mass is 10.1. The van der Waals surface area contributed by atoms with Crippen LogP contribution in [-0.4, -0.2) is 39.9 Å². The Morgan fingerprint density at radius 3 is 2.36 bits per heavy atom. The molecule has 1 fully saturated rings. The van der Waals surface area contributed by atoms with Crippen LogP contribution in [0.4, 0.5) is 19.0 Å². The number of aromatic nitrogens is 1. The van der Waals surface area contributed by atoms with E-state index in [4.69, 9.17) is 11.6 Å². The number of halogens is 4. The van der Waals surface area contributed by atoms with Crippen molar-refractivity contribution in [3.8, 4) is 0 Å². The third-order valence-electron chi connectivity index (χ3n) is 5.37. The summed E-state index contributed by atoms with van der Waals surface area (Å²) in [5.41, 5.74) is 2.45. The molecular formula is C23H26ClF3N4O2. The van der Waals surface area contributed by atoms with E-state index >= 15 is 0 Å². The van der Waals surface area contributed by atoms with E-state index in [2.05, 4.69) is 10.4 Å². The van der Waals surface area contributed by atoms with Crippen molar-refractivity contribution in [2.24, 2.45) is 0 Å². The van der Waals surface area contributed by atoms with Gasteiger partial charge in [0.1, 0.15) is 11.9 Å². The van der Waals surface area contributed by atoms with Crippen LogP contribution in [0.25, 0.3) is 0 Å². The minimum atomic E-state index is -4.57. The van der Waals surface area contributed by atoms with Gasteiger partial charge in [0.2, 0.25) is 0 Å². The Bertz CT molecular complexity index is 1040. The maximum atomic E-state index is 13.2. The van der Waals surface area contributed by atoms with Gasteiger partial charge in [0, 0.05) is 18.3 Å². The normalized spacial score (nSPS) is 16.6. The first-order valence-corrected chi connectivity index (χ1v) is 10.9. The lowest BCUT2D eigenvalue weighted by Gasteiger charge is -2.37. The van der Waals surface area contributed by atoms with Gasteiger partial charge in [-0.1, -0.05) is 29.3 Å². The van der Waals surface area contributed by atoms with Gasteiger partial charge in [-0.05, 0) is 58.7 Å². The van der Waals surface area contributed by atoms with Gasteiger partial charge in [0.25, 0.3) is 11.8 Å². The number of hydrazine groups is 1. The molecule has 2 heterocycles. The number of hydrogen-bond acceptors (Lipinski definition) is 4. The first-order chi connectivity index (χ1) is 15.3. The van der Waals surface area contributed by atoms with E-state index in [0.717, 1.165) is 11.6 Å². The lowest BCUT2D eigenvalue weighted by Crippen LogP contribution is -2.59. The highest BCUT2D eigenvalue weighted by atomic mass is 35.5. The summed E-state index contributed by atoms with van der Waals surface area (Å²) in [6.07, 6.45) is -2.79. The van der Waals surface area contributed by atoms with Crippen LogP contribution in [0.3, 0.4) is 0 Å². The van der Waals surface area contributed by atoms with Gasteiger partial charge in [-0.2, -0.15) is 13.2 Å². The molecule has 1 saturated heterocycles. The van der Waals surface area contributed by atoms with Crippen molar-refractivity contribution < 1.29 is 22.8 Å². The van der Waals surface area contributed by atoms with Crippen molar-refractivity contribution in [3.05, 3.63) is 58.2 Å². The molecule has 33 heavy (non-hydrogen) atoms. The summed E-state index contributed by atoms with van der Waals surface area (Å²) < 4.78 is 38.9. The zero-order valence-electron chi connectivity index (χ0n) is 18.8. The average molecular weight is 483 g/mol. The van der Waals surface area contributed by atoms with Crippen molar-refractivity contribution in [2.45, 2.75) is 58.3 Å². The number of alkyl halides is 3. The van der Waals surface area contributed by atoms with Crippen LogP contribution in [0.2, 0.25) is 5.02 Å². The first kappa shape index (κ1) is 24.8. The Morgan fingerprint density at radius 2 is 1.82 bits per heavy atom. The quantitative estimate of drug-likeness (QED) is 0.625.